The van der Waals surface area contributed by atoms with Crippen LogP contribution in [-0.2, 0) is 4.74 Å². The Hall–Kier alpha value is -0.120. The molecule has 3 saturated carbocycles. The lowest BCUT2D eigenvalue weighted by Crippen LogP contribution is -2.41. The van der Waals surface area contributed by atoms with E-state index in [0.29, 0.717) is 29.8 Å². The molecule has 3 fully saturated rings. The summed E-state index contributed by atoms with van der Waals surface area (Å²) in [7, 11) is 1.80. The van der Waals surface area contributed by atoms with E-state index in [-0.39, 0.29) is 0 Å². The number of rotatable bonds is 1. The van der Waals surface area contributed by atoms with E-state index in [4.69, 9.17) is 4.74 Å². The molecule has 7 atom stereocenters. The summed E-state index contributed by atoms with van der Waals surface area (Å²) in [4.78, 5) is 0. The summed E-state index contributed by atoms with van der Waals surface area (Å²) >= 11 is 0. The molecule has 0 aromatic carbocycles. The molecule has 0 aliphatic heterocycles. The van der Waals surface area contributed by atoms with Gasteiger partial charge >= 0.3 is 0 Å². The summed E-state index contributed by atoms with van der Waals surface area (Å²) in [6, 6.07) is 0. The highest BCUT2D eigenvalue weighted by Crippen LogP contribution is 2.53. The monoisotopic (exact) mass is 226 g/mol. The van der Waals surface area contributed by atoms with Crippen LogP contribution in [0.25, 0.3) is 0 Å². The molecule has 0 aromatic heterocycles. The lowest BCUT2D eigenvalue weighted by Gasteiger charge is -2.44. The zero-order valence-electron chi connectivity index (χ0n) is 9.88. The molecule has 92 valence electrons. The number of ether oxygens (including phenoxy) is 1. The summed E-state index contributed by atoms with van der Waals surface area (Å²) in [5, 5.41) is 20.1. The second kappa shape index (κ2) is 3.97. The second-order valence-corrected chi connectivity index (χ2v) is 5.91. The predicted octanol–water partition coefficient (Wildman–Crippen LogP) is 1.18. The molecule has 3 rings (SSSR count). The first-order valence-corrected chi connectivity index (χ1v) is 6.61. The van der Waals surface area contributed by atoms with Gasteiger partial charge in [-0.2, -0.15) is 0 Å². The van der Waals surface area contributed by atoms with Gasteiger partial charge in [0, 0.05) is 7.11 Å². The van der Waals surface area contributed by atoms with Gasteiger partial charge < -0.3 is 14.9 Å². The van der Waals surface area contributed by atoms with Gasteiger partial charge in [-0.25, -0.2) is 0 Å². The standard InChI is InChI=1S/C13H22O3/c1-16-11-4-2-3-8-9(11)5-7-6-10(8)13(15)12(7)14/h7-15H,2-6H2,1H3. The average molecular weight is 226 g/mol. The third-order valence-electron chi connectivity index (χ3n) is 5.33. The molecule has 2 bridgehead atoms. The van der Waals surface area contributed by atoms with Crippen LogP contribution in [-0.4, -0.2) is 35.6 Å². The van der Waals surface area contributed by atoms with Crippen molar-refractivity contribution < 1.29 is 14.9 Å². The average Bonchev–Trinajstić information content (AvgIpc) is 2.55. The summed E-state index contributed by atoms with van der Waals surface area (Å²) in [5.74, 6) is 1.81. The number of methoxy groups -OCH3 is 1. The molecule has 0 spiro atoms. The van der Waals surface area contributed by atoms with Gasteiger partial charge in [0.2, 0.25) is 0 Å². The fraction of sp³-hybridized carbons (Fsp3) is 1.00. The third kappa shape index (κ3) is 1.45. The Labute approximate surface area is 96.8 Å². The highest BCUT2D eigenvalue weighted by atomic mass is 16.5. The van der Waals surface area contributed by atoms with Crippen molar-refractivity contribution in [1.29, 1.82) is 0 Å². The number of hydrogen-bond donors (Lipinski definition) is 2. The van der Waals surface area contributed by atoms with Crippen molar-refractivity contribution >= 4 is 0 Å². The zero-order chi connectivity index (χ0) is 11.3. The van der Waals surface area contributed by atoms with E-state index in [0.717, 1.165) is 19.3 Å². The predicted molar refractivity (Wildman–Crippen MR) is 59.9 cm³/mol. The Bertz CT molecular complexity index is 268. The zero-order valence-corrected chi connectivity index (χ0v) is 9.88. The quantitative estimate of drug-likeness (QED) is 0.706. The van der Waals surface area contributed by atoms with E-state index in [1.165, 1.54) is 12.8 Å². The van der Waals surface area contributed by atoms with Crippen LogP contribution < -0.4 is 0 Å². The van der Waals surface area contributed by atoms with Crippen molar-refractivity contribution in [2.24, 2.45) is 23.7 Å². The van der Waals surface area contributed by atoms with E-state index >= 15 is 0 Å². The van der Waals surface area contributed by atoms with Crippen molar-refractivity contribution in [3.05, 3.63) is 0 Å². The van der Waals surface area contributed by atoms with E-state index < -0.39 is 12.2 Å². The smallest absolute Gasteiger partial charge is 0.0832 e. The number of fused-ring (bicyclic) bond motifs is 4. The third-order valence-corrected chi connectivity index (χ3v) is 5.33. The van der Waals surface area contributed by atoms with Crippen molar-refractivity contribution in [1.82, 2.24) is 0 Å². The van der Waals surface area contributed by atoms with Crippen molar-refractivity contribution in [2.75, 3.05) is 7.11 Å². The number of aliphatic hydroxyl groups excluding tert-OH is 2. The summed E-state index contributed by atoms with van der Waals surface area (Å²) in [5.41, 5.74) is 0. The minimum Gasteiger partial charge on any atom is -0.390 e. The molecular formula is C13H22O3. The molecule has 0 radical (unpaired) electrons. The van der Waals surface area contributed by atoms with Gasteiger partial charge in [0.15, 0.2) is 0 Å². The van der Waals surface area contributed by atoms with Crippen molar-refractivity contribution in [2.45, 2.75) is 50.4 Å². The van der Waals surface area contributed by atoms with Crippen LogP contribution in [0.15, 0.2) is 0 Å². The lowest BCUT2D eigenvalue weighted by atomic mass is 9.64. The van der Waals surface area contributed by atoms with Crippen LogP contribution in [0.3, 0.4) is 0 Å². The molecule has 0 saturated heterocycles. The van der Waals surface area contributed by atoms with E-state index in [2.05, 4.69) is 0 Å². The first kappa shape index (κ1) is 11.0. The van der Waals surface area contributed by atoms with Crippen LogP contribution in [0.1, 0.15) is 32.1 Å². The fourth-order valence-electron chi connectivity index (χ4n) is 4.58. The molecule has 0 aromatic rings. The second-order valence-electron chi connectivity index (χ2n) is 5.91. The van der Waals surface area contributed by atoms with Crippen molar-refractivity contribution in [3.63, 3.8) is 0 Å². The van der Waals surface area contributed by atoms with E-state index in [1.54, 1.807) is 7.11 Å². The minimum absolute atomic E-state index is 0.317. The molecule has 0 amide bonds. The maximum Gasteiger partial charge on any atom is 0.0832 e. The van der Waals surface area contributed by atoms with Gasteiger partial charge in [-0.1, -0.05) is 6.42 Å². The SMILES string of the molecule is COC1CCCC2C1CC1CC2C(O)C1O. The van der Waals surface area contributed by atoms with Crippen LogP contribution in [0.5, 0.6) is 0 Å². The molecule has 3 aliphatic carbocycles. The van der Waals surface area contributed by atoms with E-state index in [1.807, 2.05) is 0 Å². The minimum atomic E-state index is -0.479. The molecule has 16 heavy (non-hydrogen) atoms. The number of aliphatic hydroxyl groups is 2. The Balaban J connectivity index is 1.84. The largest absolute Gasteiger partial charge is 0.390 e. The summed E-state index contributed by atoms with van der Waals surface area (Å²) in [6.07, 6.45) is 5.07. The van der Waals surface area contributed by atoms with Gasteiger partial charge in [-0.3, -0.25) is 0 Å². The van der Waals surface area contributed by atoms with Gasteiger partial charge in [0.25, 0.3) is 0 Å². The Morgan fingerprint density at radius 2 is 1.69 bits per heavy atom. The Morgan fingerprint density at radius 1 is 0.938 bits per heavy atom. The van der Waals surface area contributed by atoms with Crippen LogP contribution >= 0.6 is 0 Å². The fourth-order valence-corrected chi connectivity index (χ4v) is 4.58. The normalized spacial score (nSPS) is 56.1. The first-order chi connectivity index (χ1) is 7.72. The lowest BCUT2D eigenvalue weighted by molar-refractivity contribution is -0.0525. The molecular weight excluding hydrogens is 204 g/mol. The van der Waals surface area contributed by atoms with Crippen LogP contribution in [0.4, 0.5) is 0 Å². The van der Waals surface area contributed by atoms with Gasteiger partial charge in [-0.05, 0) is 49.4 Å². The highest BCUT2D eigenvalue weighted by Gasteiger charge is 2.54. The number of hydrogen-bond acceptors (Lipinski definition) is 3. The summed E-state index contributed by atoms with van der Waals surface area (Å²) < 4.78 is 5.59. The van der Waals surface area contributed by atoms with Gasteiger partial charge in [-0.15, -0.1) is 0 Å². The van der Waals surface area contributed by atoms with Crippen LogP contribution in [0.2, 0.25) is 0 Å². The molecule has 3 nitrogen and oxygen atoms in total. The molecule has 7 unspecified atom stereocenters. The first-order valence-electron chi connectivity index (χ1n) is 6.61. The van der Waals surface area contributed by atoms with Gasteiger partial charge in [0.05, 0.1) is 18.3 Å². The summed E-state index contributed by atoms with van der Waals surface area (Å²) in [6.45, 7) is 0. The Morgan fingerprint density at radius 3 is 2.44 bits per heavy atom. The molecule has 3 aliphatic rings. The molecule has 2 N–H and O–H groups in total. The van der Waals surface area contributed by atoms with Gasteiger partial charge in [0.1, 0.15) is 0 Å². The maximum atomic E-state index is 10.1. The molecule has 3 heteroatoms. The van der Waals surface area contributed by atoms with E-state index in [9.17, 15) is 10.2 Å². The Kier molecular flexibility index (Phi) is 2.73. The topological polar surface area (TPSA) is 49.7 Å². The van der Waals surface area contributed by atoms with Crippen LogP contribution in [0, 0.1) is 23.7 Å². The maximum absolute atomic E-state index is 10.1. The van der Waals surface area contributed by atoms with Crippen molar-refractivity contribution in [3.8, 4) is 0 Å². The highest BCUT2D eigenvalue weighted by molar-refractivity contribution is 5.03. The molecule has 0 heterocycles.